The third-order valence-corrected chi connectivity index (χ3v) is 7.11. The van der Waals surface area contributed by atoms with E-state index >= 15 is 0 Å². The number of oxazole rings is 1. The number of nitrogens with one attached hydrogen (secondary N) is 1. The lowest BCUT2D eigenvalue weighted by Gasteiger charge is -2.24. The zero-order chi connectivity index (χ0) is 21.4. The van der Waals surface area contributed by atoms with E-state index < -0.39 is 0 Å². The van der Waals surface area contributed by atoms with Crippen LogP contribution in [0.2, 0.25) is 0 Å². The van der Waals surface area contributed by atoms with E-state index in [-0.39, 0.29) is 36.2 Å². The molecule has 0 saturated carbocycles. The Labute approximate surface area is 195 Å². The monoisotopic (exact) mass is 472 g/mol. The molecule has 4 heterocycles. The van der Waals surface area contributed by atoms with Crippen molar-refractivity contribution in [2.45, 2.75) is 38.8 Å². The second-order valence-corrected chi connectivity index (χ2v) is 8.84. The van der Waals surface area contributed by atoms with Crippen molar-refractivity contribution in [3.05, 3.63) is 75.1 Å². The van der Waals surface area contributed by atoms with E-state index in [2.05, 4.69) is 10.3 Å². The molecule has 1 aliphatic heterocycles. The Hall–Kier alpha value is -2.68. The van der Waals surface area contributed by atoms with Gasteiger partial charge < -0.3 is 9.73 Å². The van der Waals surface area contributed by atoms with Crippen molar-refractivity contribution in [1.82, 2.24) is 19.4 Å². The van der Waals surface area contributed by atoms with Gasteiger partial charge in [0.25, 0.3) is 5.56 Å². The van der Waals surface area contributed by atoms with Crippen molar-refractivity contribution in [3.63, 3.8) is 0 Å². The Bertz CT molecular complexity index is 1330. The molecule has 1 saturated heterocycles. The third kappa shape index (κ3) is 3.94. The van der Waals surface area contributed by atoms with Gasteiger partial charge in [0.15, 0.2) is 6.39 Å². The van der Waals surface area contributed by atoms with Crippen LogP contribution in [0, 0.1) is 0 Å². The van der Waals surface area contributed by atoms with Crippen LogP contribution < -0.4 is 16.6 Å². The predicted molar refractivity (Wildman–Crippen MR) is 129 cm³/mol. The van der Waals surface area contributed by atoms with Crippen LogP contribution in [0.1, 0.15) is 37.3 Å². The molecule has 0 spiro atoms. The van der Waals surface area contributed by atoms with Crippen molar-refractivity contribution >= 4 is 34.0 Å². The van der Waals surface area contributed by atoms with E-state index in [1.807, 2.05) is 43.3 Å². The number of piperidine rings is 1. The van der Waals surface area contributed by atoms with Gasteiger partial charge in [0.1, 0.15) is 10.5 Å². The van der Waals surface area contributed by atoms with Crippen molar-refractivity contribution in [2.75, 3.05) is 13.1 Å². The first kappa shape index (κ1) is 22.5. The minimum atomic E-state index is -0.278. The third-order valence-electron chi connectivity index (χ3n) is 5.95. The first-order valence-corrected chi connectivity index (χ1v) is 11.4. The molecule has 4 aromatic rings. The molecule has 32 heavy (non-hydrogen) atoms. The quantitative estimate of drug-likeness (QED) is 0.477. The maximum atomic E-state index is 13.6. The number of aromatic nitrogens is 3. The Morgan fingerprint density at radius 2 is 1.94 bits per heavy atom. The second-order valence-electron chi connectivity index (χ2n) is 7.79. The highest BCUT2D eigenvalue weighted by Gasteiger charge is 2.24. The highest BCUT2D eigenvalue weighted by atomic mass is 35.5. The number of fused-ring (bicyclic) bond motifs is 1. The predicted octanol–water partition coefficient (Wildman–Crippen LogP) is 3.84. The molecule has 0 amide bonds. The Morgan fingerprint density at radius 3 is 2.66 bits per heavy atom. The maximum absolute atomic E-state index is 13.6. The number of benzene rings is 1. The van der Waals surface area contributed by atoms with Gasteiger partial charge in [-0.3, -0.25) is 13.9 Å². The molecule has 9 heteroatoms. The van der Waals surface area contributed by atoms with Crippen LogP contribution in [0.4, 0.5) is 0 Å². The summed E-state index contributed by atoms with van der Waals surface area (Å²) in [5.41, 5.74) is 2.05. The summed E-state index contributed by atoms with van der Waals surface area (Å²) in [6.07, 6.45) is 3.67. The topological polar surface area (TPSA) is 82.1 Å². The number of aryl methyl sites for hydroxylation is 1. The molecule has 168 valence electrons. The summed E-state index contributed by atoms with van der Waals surface area (Å²) in [4.78, 5) is 32.3. The number of hydrogen-bond donors (Lipinski definition) is 1. The second kappa shape index (κ2) is 9.44. The molecule has 3 aromatic heterocycles. The maximum Gasteiger partial charge on any atom is 0.332 e. The molecule has 1 N–H and O–H groups in total. The molecule has 1 aromatic carbocycles. The van der Waals surface area contributed by atoms with Gasteiger partial charge >= 0.3 is 5.69 Å². The zero-order valence-corrected chi connectivity index (χ0v) is 19.4. The average molecular weight is 473 g/mol. The molecular formula is C23H25ClN4O3S. The summed E-state index contributed by atoms with van der Waals surface area (Å²) in [6.45, 7) is 3.87. The highest BCUT2D eigenvalue weighted by Crippen LogP contribution is 2.32. The van der Waals surface area contributed by atoms with E-state index in [1.165, 1.54) is 22.3 Å². The van der Waals surface area contributed by atoms with Crippen LogP contribution in [-0.2, 0) is 13.0 Å². The van der Waals surface area contributed by atoms with Crippen molar-refractivity contribution in [2.24, 2.45) is 0 Å². The number of halogens is 1. The molecule has 0 atom stereocenters. The molecule has 0 radical (unpaired) electrons. The van der Waals surface area contributed by atoms with Crippen LogP contribution in [0.15, 0.2) is 56.8 Å². The van der Waals surface area contributed by atoms with E-state index in [9.17, 15) is 9.59 Å². The van der Waals surface area contributed by atoms with Gasteiger partial charge in [0.2, 0.25) is 0 Å². The van der Waals surface area contributed by atoms with Gasteiger partial charge in [-0.2, -0.15) is 0 Å². The fourth-order valence-electron chi connectivity index (χ4n) is 4.30. The first-order valence-electron chi connectivity index (χ1n) is 10.6. The molecule has 0 aliphatic carbocycles. The fourth-order valence-corrected chi connectivity index (χ4v) is 5.41. The highest BCUT2D eigenvalue weighted by molar-refractivity contribution is 7.22. The summed E-state index contributed by atoms with van der Waals surface area (Å²) in [6, 6.07) is 11.8. The Morgan fingerprint density at radius 1 is 1.19 bits per heavy atom. The summed E-state index contributed by atoms with van der Waals surface area (Å²) in [5, 5.41) is 3.31. The fraction of sp³-hybridized carbons (Fsp3) is 0.348. The molecule has 5 rings (SSSR count). The Kier molecular flexibility index (Phi) is 6.64. The normalized spacial score (nSPS) is 14.5. The smallest absolute Gasteiger partial charge is 0.332 e. The number of rotatable bonds is 5. The minimum absolute atomic E-state index is 0. The van der Waals surface area contributed by atoms with Gasteiger partial charge in [-0.1, -0.05) is 37.3 Å². The SMILES string of the molecule is CCc1ncoc1Cn1c(=O)n(C2CCNCC2)c(=O)c2sc(-c3ccccc3)cc21.Cl. The summed E-state index contributed by atoms with van der Waals surface area (Å²) in [7, 11) is 0. The lowest BCUT2D eigenvalue weighted by molar-refractivity contribution is 0.345. The van der Waals surface area contributed by atoms with E-state index in [0.717, 1.165) is 48.5 Å². The number of hydrogen-bond acceptors (Lipinski definition) is 6. The van der Waals surface area contributed by atoms with Gasteiger partial charge in [-0.15, -0.1) is 23.7 Å². The van der Waals surface area contributed by atoms with Gasteiger partial charge in [-0.25, -0.2) is 9.78 Å². The Balaban J connectivity index is 0.00000245. The summed E-state index contributed by atoms with van der Waals surface area (Å²) >= 11 is 1.45. The number of thiophene rings is 1. The number of nitrogens with zero attached hydrogens (tertiary/aromatic N) is 3. The molecule has 1 aliphatic rings. The lowest BCUT2D eigenvalue weighted by Crippen LogP contribution is -2.45. The van der Waals surface area contributed by atoms with E-state index in [4.69, 9.17) is 4.42 Å². The van der Waals surface area contributed by atoms with Gasteiger partial charge in [0, 0.05) is 10.9 Å². The molecule has 7 nitrogen and oxygen atoms in total. The molecular weight excluding hydrogens is 448 g/mol. The lowest BCUT2D eigenvalue weighted by atomic mass is 10.1. The van der Waals surface area contributed by atoms with Crippen molar-refractivity contribution in [3.8, 4) is 10.4 Å². The zero-order valence-electron chi connectivity index (χ0n) is 17.7. The van der Waals surface area contributed by atoms with E-state index in [1.54, 1.807) is 4.57 Å². The van der Waals surface area contributed by atoms with Crippen molar-refractivity contribution in [1.29, 1.82) is 0 Å². The summed E-state index contributed by atoms with van der Waals surface area (Å²) in [5.74, 6) is 0.661. The molecule has 1 fully saturated rings. The summed E-state index contributed by atoms with van der Waals surface area (Å²) < 4.78 is 9.36. The van der Waals surface area contributed by atoms with Crippen LogP contribution in [0.3, 0.4) is 0 Å². The van der Waals surface area contributed by atoms with E-state index in [0.29, 0.717) is 16.0 Å². The minimum Gasteiger partial charge on any atom is -0.446 e. The van der Waals surface area contributed by atoms with Crippen LogP contribution in [-0.4, -0.2) is 27.2 Å². The first-order chi connectivity index (χ1) is 15.2. The standard InChI is InChI=1S/C23H24N4O3S.ClH/c1-2-17-19(30-14-25-17)13-26-18-12-20(15-6-4-3-5-7-15)31-21(18)22(28)27(23(26)29)16-8-10-24-11-9-16;/h3-7,12,14,16,24H,2,8-11,13H2,1H3;1H. The van der Waals surface area contributed by atoms with Gasteiger partial charge in [0.05, 0.1) is 17.8 Å². The van der Waals surface area contributed by atoms with Crippen molar-refractivity contribution < 1.29 is 4.42 Å². The largest absolute Gasteiger partial charge is 0.446 e. The average Bonchev–Trinajstić information content (AvgIpc) is 3.45. The van der Waals surface area contributed by atoms with Crippen LogP contribution in [0.5, 0.6) is 0 Å². The van der Waals surface area contributed by atoms with Crippen LogP contribution in [0.25, 0.3) is 20.7 Å². The van der Waals surface area contributed by atoms with Crippen LogP contribution >= 0.6 is 23.7 Å². The molecule has 0 unspecified atom stereocenters. The molecule has 0 bridgehead atoms. The van der Waals surface area contributed by atoms with Gasteiger partial charge in [-0.05, 0) is 44.0 Å².